The lowest BCUT2D eigenvalue weighted by atomic mass is 9.84. The predicted octanol–water partition coefficient (Wildman–Crippen LogP) is 4.45. The molecule has 3 nitrogen and oxygen atoms in total. The van der Waals surface area contributed by atoms with Gasteiger partial charge in [-0.3, -0.25) is 4.98 Å². The number of likely N-dealkylation sites (N-methyl/N-ethyl adjacent to an activating group) is 1. The number of benzene rings is 1. The van der Waals surface area contributed by atoms with Gasteiger partial charge >= 0.3 is 0 Å². The van der Waals surface area contributed by atoms with E-state index in [4.69, 9.17) is 0 Å². The van der Waals surface area contributed by atoms with Crippen molar-refractivity contribution >= 4 is 10.9 Å². The molecule has 0 spiro atoms. The number of pyridine rings is 1. The summed E-state index contributed by atoms with van der Waals surface area (Å²) in [6.07, 6.45) is 6.35. The topological polar surface area (TPSA) is 21.1 Å². The van der Waals surface area contributed by atoms with Crippen molar-refractivity contribution in [1.29, 1.82) is 0 Å². The molecule has 3 heteroatoms. The quantitative estimate of drug-likeness (QED) is 0.657. The van der Waals surface area contributed by atoms with E-state index in [0.29, 0.717) is 11.8 Å². The van der Waals surface area contributed by atoms with E-state index in [2.05, 4.69) is 58.8 Å². The average Bonchev–Trinajstić information content (AvgIpc) is 2.79. The normalized spacial score (nSPS) is 23.4. The summed E-state index contributed by atoms with van der Waals surface area (Å²) >= 11 is 0. The first-order valence-corrected chi connectivity index (χ1v) is 9.41. The van der Waals surface area contributed by atoms with Gasteiger partial charge in [-0.05, 0) is 68.1 Å². The van der Waals surface area contributed by atoms with Crippen molar-refractivity contribution in [2.24, 2.45) is 0 Å². The van der Waals surface area contributed by atoms with Crippen LogP contribution in [0, 0.1) is 6.92 Å². The Morgan fingerprint density at radius 3 is 2.76 bits per heavy atom. The summed E-state index contributed by atoms with van der Waals surface area (Å²) in [6.45, 7) is 5.59. The third-order valence-corrected chi connectivity index (χ3v) is 6.16. The van der Waals surface area contributed by atoms with Gasteiger partial charge in [0.25, 0.3) is 0 Å². The van der Waals surface area contributed by atoms with Gasteiger partial charge in [0.15, 0.2) is 0 Å². The first kappa shape index (κ1) is 15.2. The number of hydrogen-bond donors (Lipinski definition) is 0. The van der Waals surface area contributed by atoms with Gasteiger partial charge in [0.1, 0.15) is 0 Å². The summed E-state index contributed by atoms with van der Waals surface area (Å²) in [7, 11) is 2.27. The highest BCUT2D eigenvalue weighted by molar-refractivity contribution is 5.87. The van der Waals surface area contributed by atoms with Crippen LogP contribution >= 0.6 is 0 Å². The van der Waals surface area contributed by atoms with Gasteiger partial charge in [-0.15, -0.1) is 0 Å². The molecule has 0 radical (unpaired) electrons. The minimum absolute atomic E-state index is 0.627. The maximum absolute atomic E-state index is 4.21. The van der Waals surface area contributed by atoms with Crippen LogP contribution in [0.15, 0.2) is 42.7 Å². The van der Waals surface area contributed by atoms with E-state index >= 15 is 0 Å². The van der Waals surface area contributed by atoms with Gasteiger partial charge in [-0.1, -0.05) is 11.6 Å². The standard InChI is InChI=1S/C22H25N3/c1-15-3-4-21-19(11-15)20-14-24(2)13-18-12-17(7-10-25(21)22(18)20)16-5-8-23-9-6-16/h3-6,8-9,11,17-18H,7,10,12-14H2,1-2H3. The van der Waals surface area contributed by atoms with Crippen molar-refractivity contribution in [2.75, 3.05) is 13.6 Å². The zero-order valence-corrected chi connectivity index (χ0v) is 15.1. The van der Waals surface area contributed by atoms with E-state index in [9.17, 15) is 0 Å². The zero-order valence-electron chi connectivity index (χ0n) is 15.1. The Morgan fingerprint density at radius 1 is 1.08 bits per heavy atom. The lowest BCUT2D eigenvalue weighted by Crippen LogP contribution is -2.31. The van der Waals surface area contributed by atoms with Crippen LogP contribution in [0.5, 0.6) is 0 Å². The van der Waals surface area contributed by atoms with E-state index < -0.39 is 0 Å². The second-order valence-electron chi connectivity index (χ2n) is 7.93. The number of rotatable bonds is 1. The highest BCUT2D eigenvalue weighted by Gasteiger charge is 2.34. The summed E-state index contributed by atoms with van der Waals surface area (Å²) in [5.41, 5.74) is 7.45. The molecule has 2 aliphatic rings. The SMILES string of the molecule is Cc1ccc2c(c1)c1c3n2CCC(c2ccncc2)CC3CN(C)C1. The van der Waals surface area contributed by atoms with E-state index in [-0.39, 0.29) is 0 Å². The molecule has 0 fully saturated rings. The van der Waals surface area contributed by atoms with E-state index in [0.717, 1.165) is 13.1 Å². The monoisotopic (exact) mass is 331 g/mol. The summed E-state index contributed by atoms with van der Waals surface area (Å²) < 4.78 is 2.64. The zero-order chi connectivity index (χ0) is 17.0. The van der Waals surface area contributed by atoms with Crippen LogP contribution in [0.3, 0.4) is 0 Å². The summed E-state index contributed by atoms with van der Waals surface area (Å²) in [5, 5.41) is 1.48. The highest BCUT2D eigenvalue weighted by atomic mass is 15.1. The number of nitrogens with zero attached hydrogens (tertiary/aromatic N) is 3. The molecule has 5 rings (SSSR count). The molecule has 25 heavy (non-hydrogen) atoms. The molecule has 2 unspecified atom stereocenters. The molecule has 2 aliphatic heterocycles. The minimum Gasteiger partial charge on any atom is -0.344 e. The predicted molar refractivity (Wildman–Crippen MR) is 102 cm³/mol. The lowest BCUT2D eigenvalue weighted by Gasteiger charge is -2.32. The fourth-order valence-corrected chi connectivity index (χ4v) is 5.10. The first-order valence-electron chi connectivity index (χ1n) is 9.41. The van der Waals surface area contributed by atoms with Gasteiger partial charge < -0.3 is 9.47 Å². The van der Waals surface area contributed by atoms with Crippen LogP contribution in [0.25, 0.3) is 10.9 Å². The molecule has 0 saturated carbocycles. The van der Waals surface area contributed by atoms with Crippen LogP contribution in [-0.4, -0.2) is 28.0 Å². The second kappa shape index (κ2) is 5.70. The molecule has 4 heterocycles. The molecule has 1 aromatic carbocycles. The molecule has 2 aromatic heterocycles. The molecule has 0 bridgehead atoms. The van der Waals surface area contributed by atoms with Gasteiger partial charge in [-0.25, -0.2) is 0 Å². The third-order valence-electron chi connectivity index (χ3n) is 6.16. The maximum Gasteiger partial charge on any atom is 0.0486 e. The fourth-order valence-electron chi connectivity index (χ4n) is 5.10. The van der Waals surface area contributed by atoms with Gasteiger partial charge in [0.2, 0.25) is 0 Å². The molecule has 0 saturated heterocycles. The summed E-state index contributed by atoms with van der Waals surface area (Å²) in [6, 6.07) is 11.4. The highest BCUT2D eigenvalue weighted by Crippen LogP contribution is 2.44. The molecule has 0 amide bonds. The van der Waals surface area contributed by atoms with Crippen LogP contribution in [0.4, 0.5) is 0 Å². The van der Waals surface area contributed by atoms with Crippen molar-refractivity contribution in [3.63, 3.8) is 0 Å². The summed E-state index contributed by atoms with van der Waals surface area (Å²) in [5.74, 6) is 1.26. The van der Waals surface area contributed by atoms with Gasteiger partial charge in [0, 0.05) is 54.5 Å². The largest absolute Gasteiger partial charge is 0.344 e. The first-order chi connectivity index (χ1) is 12.2. The lowest BCUT2D eigenvalue weighted by molar-refractivity contribution is 0.268. The Labute approximate surface area is 149 Å². The van der Waals surface area contributed by atoms with Crippen molar-refractivity contribution in [2.45, 2.75) is 44.7 Å². The Morgan fingerprint density at radius 2 is 1.92 bits per heavy atom. The molecule has 128 valence electrons. The number of aromatic nitrogens is 2. The van der Waals surface area contributed by atoms with Crippen molar-refractivity contribution in [3.8, 4) is 0 Å². The number of fused-ring (bicyclic) bond motifs is 3. The van der Waals surface area contributed by atoms with E-state index in [1.54, 1.807) is 11.3 Å². The number of hydrogen-bond acceptors (Lipinski definition) is 2. The molecular weight excluding hydrogens is 306 g/mol. The molecule has 3 aromatic rings. The molecule has 0 N–H and O–H groups in total. The number of aryl methyl sites for hydroxylation is 2. The smallest absolute Gasteiger partial charge is 0.0486 e. The van der Waals surface area contributed by atoms with Crippen molar-refractivity contribution in [1.82, 2.24) is 14.5 Å². The molecular formula is C22H25N3. The Hall–Kier alpha value is -2.13. The van der Waals surface area contributed by atoms with Gasteiger partial charge in [0.05, 0.1) is 0 Å². The second-order valence-corrected chi connectivity index (χ2v) is 7.93. The van der Waals surface area contributed by atoms with Crippen molar-refractivity contribution < 1.29 is 0 Å². The molecule has 2 atom stereocenters. The average molecular weight is 331 g/mol. The van der Waals surface area contributed by atoms with Crippen LogP contribution in [-0.2, 0) is 13.1 Å². The van der Waals surface area contributed by atoms with Gasteiger partial charge in [-0.2, -0.15) is 0 Å². The fraction of sp³-hybridized carbons (Fsp3) is 0.409. The Kier molecular flexibility index (Phi) is 3.46. The third kappa shape index (κ3) is 2.41. The van der Waals surface area contributed by atoms with Crippen molar-refractivity contribution in [3.05, 3.63) is 65.1 Å². The van der Waals surface area contributed by atoms with E-state index in [1.165, 1.54) is 41.4 Å². The minimum atomic E-state index is 0.627. The van der Waals surface area contributed by atoms with E-state index in [1.807, 2.05) is 12.4 Å². The van der Waals surface area contributed by atoms with Crippen LogP contribution in [0.1, 0.15) is 47.1 Å². The Bertz CT molecular complexity index is 925. The van der Waals surface area contributed by atoms with Crippen LogP contribution in [0.2, 0.25) is 0 Å². The Balaban J connectivity index is 1.65. The molecule has 0 aliphatic carbocycles. The maximum atomic E-state index is 4.21. The summed E-state index contributed by atoms with van der Waals surface area (Å²) in [4.78, 5) is 6.71. The van der Waals surface area contributed by atoms with Crippen LogP contribution < -0.4 is 0 Å².